The molecule has 0 unspecified atom stereocenters. The number of carbonyl (C=O) groups excluding carboxylic acids is 1. The van der Waals surface area contributed by atoms with Gasteiger partial charge in [0.2, 0.25) is 0 Å². The van der Waals surface area contributed by atoms with E-state index >= 15 is 0 Å². The minimum Gasteiger partial charge on any atom is -0.363 e. The fourth-order valence-corrected chi connectivity index (χ4v) is 5.90. The molecule has 2 N–H and O–H groups in total. The number of nitrogens with one attached hydrogen (secondary N) is 2. The summed E-state index contributed by atoms with van der Waals surface area (Å²) in [5.41, 5.74) is 1.90. The second kappa shape index (κ2) is 8.64. The fraction of sp³-hybridized carbons (Fsp3) is 0.348. The van der Waals surface area contributed by atoms with E-state index in [1.165, 1.54) is 17.4 Å². The van der Waals surface area contributed by atoms with Crippen molar-refractivity contribution in [3.8, 4) is 6.07 Å². The smallest absolute Gasteiger partial charge is 0.363 e. The summed E-state index contributed by atoms with van der Waals surface area (Å²) < 4.78 is 42.6. The molecule has 2 aromatic heterocycles. The molecule has 0 saturated heterocycles. The largest absolute Gasteiger partial charge is 0.410 e. The van der Waals surface area contributed by atoms with Crippen molar-refractivity contribution in [3.63, 3.8) is 0 Å². The summed E-state index contributed by atoms with van der Waals surface area (Å²) >= 11 is 7.27. The SMILES string of the molecule is N#Cc1c(NC(=O)c2cc3n(n2)[C@H](C(F)(F)F)C[C@@H](c2ccc(Cl)cc2)N3)sc2c1CCCC2. The molecule has 1 amide bonds. The number of aromatic nitrogens is 2. The highest BCUT2D eigenvalue weighted by Crippen LogP contribution is 2.44. The lowest BCUT2D eigenvalue weighted by Crippen LogP contribution is -2.35. The number of rotatable bonds is 3. The quantitative estimate of drug-likeness (QED) is 0.440. The van der Waals surface area contributed by atoms with Gasteiger partial charge in [-0.05, 0) is 48.9 Å². The van der Waals surface area contributed by atoms with E-state index < -0.39 is 24.2 Å². The van der Waals surface area contributed by atoms with Crippen LogP contribution in [-0.2, 0) is 12.8 Å². The molecule has 5 rings (SSSR count). The Morgan fingerprint density at radius 3 is 2.71 bits per heavy atom. The van der Waals surface area contributed by atoms with Gasteiger partial charge < -0.3 is 10.6 Å². The average molecular weight is 506 g/mol. The lowest BCUT2D eigenvalue weighted by atomic mass is 9.96. The number of hydrogen-bond acceptors (Lipinski definition) is 5. The first kappa shape index (κ1) is 22.7. The van der Waals surface area contributed by atoms with E-state index in [0.29, 0.717) is 21.2 Å². The van der Waals surface area contributed by atoms with E-state index in [1.807, 2.05) is 0 Å². The van der Waals surface area contributed by atoms with Crippen LogP contribution in [0.2, 0.25) is 5.02 Å². The number of aryl methyl sites for hydroxylation is 1. The highest BCUT2D eigenvalue weighted by Gasteiger charge is 2.46. The van der Waals surface area contributed by atoms with Gasteiger partial charge in [0.15, 0.2) is 11.7 Å². The van der Waals surface area contributed by atoms with Crippen LogP contribution in [0.25, 0.3) is 0 Å². The maximum atomic E-state index is 13.9. The lowest BCUT2D eigenvalue weighted by Gasteiger charge is -2.33. The van der Waals surface area contributed by atoms with E-state index in [4.69, 9.17) is 11.6 Å². The van der Waals surface area contributed by atoms with E-state index in [2.05, 4.69) is 21.8 Å². The molecule has 0 spiro atoms. The Kier molecular flexibility index (Phi) is 5.78. The van der Waals surface area contributed by atoms with Crippen LogP contribution in [0.3, 0.4) is 0 Å². The van der Waals surface area contributed by atoms with Crippen molar-refractivity contribution in [2.45, 2.75) is 50.4 Å². The molecule has 2 aliphatic rings. The van der Waals surface area contributed by atoms with Crippen LogP contribution < -0.4 is 10.6 Å². The van der Waals surface area contributed by atoms with E-state index in [1.54, 1.807) is 24.3 Å². The third kappa shape index (κ3) is 4.14. The van der Waals surface area contributed by atoms with Crippen LogP contribution in [0.1, 0.15) is 63.4 Å². The third-order valence-electron chi connectivity index (χ3n) is 6.21. The Hall–Kier alpha value is -3.03. The number of benzene rings is 1. The van der Waals surface area contributed by atoms with Crippen LogP contribution in [0.15, 0.2) is 30.3 Å². The number of halogens is 4. The molecule has 0 bridgehead atoms. The average Bonchev–Trinajstić information content (AvgIpc) is 3.39. The van der Waals surface area contributed by atoms with Gasteiger partial charge in [-0.1, -0.05) is 23.7 Å². The van der Waals surface area contributed by atoms with Crippen molar-refractivity contribution in [1.29, 1.82) is 5.26 Å². The Bertz CT molecular complexity index is 1290. The van der Waals surface area contributed by atoms with Crippen LogP contribution in [0, 0.1) is 11.3 Å². The van der Waals surface area contributed by atoms with Crippen LogP contribution in [-0.4, -0.2) is 21.9 Å². The molecule has 6 nitrogen and oxygen atoms in total. The minimum atomic E-state index is -4.55. The summed E-state index contributed by atoms with van der Waals surface area (Å²) in [5, 5.41) is 20.3. The molecular weight excluding hydrogens is 487 g/mol. The van der Waals surface area contributed by atoms with E-state index in [9.17, 15) is 23.2 Å². The summed E-state index contributed by atoms with van der Waals surface area (Å²) in [6, 6.07) is 7.56. The van der Waals surface area contributed by atoms with Gasteiger partial charge >= 0.3 is 6.18 Å². The van der Waals surface area contributed by atoms with E-state index in [-0.39, 0.29) is 17.9 Å². The minimum absolute atomic E-state index is 0.102. The Balaban J connectivity index is 1.45. The first-order valence-corrected chi connectivity index (χ1v) is 12.0. The van der Waals surface area contributed by atoms with Gasteiger partial charge in [-0.15, -0.1) is 11.3 Å². The van der Waals surface area contributed by atoms with Gasteiger partial charge in [0, 0.05) is 22.4 Å². The van der Waals surface area contributed by atoms with Crippen molar-refractivity contribution < 1.29 is 18.0 Å². The van der Waals surface area contributed by atoms with E-state index in [0.717, 1.165) is 40.8 Å². The number of alkyl halides is 3. The summed E-state index contributed by atoms with van der Waals surface area (Å²) in [6.07, 6.45) is -1.18. The van der Waals surface area contributed by atoms with Gasteiger partial charge in [0.1, 0.15) is 16.9 Å². The number of nitrogens with zero attached hydrogens (tertiary/aromatic N) is 3. The molecule has 1 aromatic carbocycles. The summed E-state index contributed by atoms with van der Waals surface area (Å²) in [7, 11) is 0. The Labute approximate surface area is 202 Å². The summed E-state index contributed by atoms with van der Waals surface area (Å²) in [6.45, 7) is 0. The molecule has 2 atom stereocenters. The van der Waals surface area contributed by atoms with Crippen molar-refractivity contribution in [1.82, 2.24) is 9.78 Å². The van der Waals surface area contributed by atoms with Crippen LogP contribution >= 0.6 is 22.9 Å². The summed E-state index contributed by atoms with van der Waals surface area (Å²) in [5.74, 6) is -0.549. The molecule has 1 aliphatic heterocycles. The number of amides is 1. The predicted molar refractivity (Wildman–Crippen MR) is 123 cm³/mol. The van der Waals surface area contributed by atoms with Crippen molar-refractivity contribution in [3.05, 3.63) is 62.6 Å². The van der Waals surface area contributed by atoms with Gasteiger partial charge in [-0.3, -0.25) is 4.79 Å². The Morgan fingerprint density at radius 2 is 2.00 bits per heavy atom. The number of carbonyl (C=O) groups is 1. The number of hydrogen-bond donors (Lipinski definition) is 2. The maximum absolute atomic E-state index is 13.9. The monoisotopic (exact) mass is 505 g/mol. The molecule has 0 radical (unpaired) electrons. The molecule has 1 aliphatic carbocycles. The zero-order valence-corrected chi connectivity index (χ0v) is 19.3. The second-order valence-corrected chi connectivity index (χ2v) is 9.92. The predicted octanol–water partition coefficient (Wildman–Crippen LogP) is 6.26. The van der Waals surface area contributed by atoms with Crippen LogP contribution in [0.5, 0.6) is 0 Å². The molecular formula is C23H19ClF3N5OS. The molecule has 3 heterocycles. The van der Waals surface area contributed by atoms with Gasteiger partial charge in [0.25, 0.3) is 5.91 Å². The molecule has 0 saturated carbocycles. The first-order chi connectivity index (χ1) is 16.2. The highest BCUT2D eigenvalue weighted by molar-refractivity contribution is 7.16. The molecule has 11 heteroatoms. The lowest BCUT2D eigenvalue weighted by molar-refractivity contribution is -0.173. The number of anilines is 2. The number of nitriles is 1. The van der Waals surface area contributed by atoms with Crippen molar-refractivity contribution >= 4 is 39.7 Å². The fourth-order valence-electron chi connectivity index (χ4n) is 4.54. The zero-order valence-electron chi connectivity index (χ0n) is 17.7. The van der Waals surface area contributed by atoms with Gasteiger partial charge in [-0.25, -0.2) is 4.68 Å². The normalized spacial score (nSPS) is 19.5. The molecule has 176 valence electrons. The van der Waals surface area contributed by atoms with Gasteiger partial charge in [0.05, 0.1) is 11.6 Å². The molecule has 3 aromatic rings. The third-order valence-corrected chi connectivity index (χ3v) is 7.66. The van der Waals surface area contributed by atoms with Crippen molar-refractivity contribution in [2.75, 3.05) is 10.6 Å². The zero-order chi connectivity index (χ0) is 24.0. The second-order valence-electron chi connectivity index (χ2n) is 8.38. The first-order valence-electron chi connectivity index (χ1n) is 10.8. The maximum Gasteiger partial charge on any atom is 0.410 e. The number of fused-ring (bicyclic) bond motifs is 2. The highest BCUT2D eigenvalue weighted by atomic mass is 35.5. The van der Waals surface area contributed by atoms with Crippen LogP contribution in [0.4, 0.5) is 24.0 Å². The standard InChI is InChI=1S/C23H19ClF3N5OS/c24-13-7-5-12(6-8-13)16-9-19(23(25,26)27)32-20(29-16)10-17(31-32)21(33)30-22-15(11-28)14-3-1-2-4-18(14)34-22/h5-8,10,16,19,29H,1-4,9H2,(H,30,33)/t16-,19-/m0/s1. The summed E-state index contributed by atoms with van der Waals surface area (Å²) in [4.78, 5) is 14.0. The van der Waals surface area contributed by atoms with Crippen molar-refractivity contribution in [2.24, 2.45) is 0 Å². The molecule has 0 fully saturated rings. The Morgan fingerprint density at radius 1 is 1.26 bits per heavy atom. The molecule has 34 heavy (non-hydrogen) atoms. The number of thiophene rings is 1. The van der Waals surface area contributed by atoms with Gasteiger partial charge in [-0.2, -0.15) is 23.5 Å². The topological polar surface area (TPSA) is 82.7 Å².